The standard InChI is InChI=1S/C14H13IN4O/c1-2-13-16-5-9(6-17-13)10-4-11-12(3-8(10)7-20)18-19-14(11)15/h3-6,20H,2,7H2,1H3,(H,18,19). The van der Waals surface area contributed by atoms with Crippen molar-refractivity contribution in [1.82, 2.24) is 20.2 Å². The minimum Gasteiger partial charge on any atom is -0.392 e. The quantitative estimate of drug-likeness (QED) is 0.686. The zero-order valence-corrected chi connectivity index (χ0v) is 13.0. The molecule has 0 amide bonds. The maximum Gasteiger partial charge on any atom is 0.130 e. The van der Waals surface area contributed by atoms with Crippen molar-refractivity contribution in [2.24, 2.45) is 0 Å². The molecule has 0 spiro atoms. The number of hydrogen-bond donors (Lipinski definition) is 2. The van der Waals surface area contributed by atoms with Crippen LogP contribution in [-0.4, -0.2) is 25.3 Å². The fourth-order valence-electron chi connectivity index (χ4n) is 2.15. The normalized spacial score (nSPS) is 11.2. The number of nitrogens with one attached hydrogen (secondary N) is 1. The monoisotopic (exact) mass is 380 g/mol. The number of benzene rings is 1. The summed E-state index contributed by atoms with van der Waals surface area (Å²) in [5, 5.41) is 17.8. The molecule has 2 heterocycles. The first-order chi connectivity index (χ1) is 9.72. The molecule has 0 fully saturated rings. The van der Waals surface area contributed by atoms with Gasteiger partial charge in [0.05, 0.1) is 12.1 Å². The van der Waals surface area contributed by atoms with Crippen LogP contribution in [0.5, 0.6) is 0 Å². The van der Waals surface area contributed by atoms with Gasteiger partial charge in [-0.3, -0.25) is 5.10 Å². The highest BCUT2D eigenvalue weighted by Crippen LogP contribution is 2.29. The fraction of sp³-hybridized carbons (Fsp3) is 0.214. The zero-order valence-electron chi connectivity index (χ0n) is 10.9. The van der Waals surface area contributed by atoms with E-state index in [0.717, 1.165) is 43.5 Å². The van der Waals surface area contributed by atoms with Crippen molar-refractivity contribution in [3.8, 4) is 11.1 Å². The summed E-state index contributed by atoms with van der Waals surface area (Å²) in [7, 11) is 0. The van der Waals surface area contributed by atoms with Crippen molar-refractivity contribution in [3.05, 3.63) is 39.6 Å². The number of H-pyrrole nitrogens is 1. The second-order valence-corrected chi connectivity index (χ2v) is 5.49. The van der Waals surface area contributed by atoms with Crippen LogP contribution < -0.4 is 0 Å². The average Bonchev–Trinajstić information content (AvgIpc) is 2.87. The van der Waals surface area contributed by atoms with Gasteiger partial charge in [0.1, 0.15) is 9.53 Å². The van der Waals surface area contributed by atoms with E-state index in [4.69, 9.17) is 0 Å². The minimum absolute atomic E-state index is 0.0313. The Balaban J connectivity index is 2.19. The fourth-order valence-corrected chi connectivity index (χ4v) is 2.72. The minimum atomic E-state index is -0.0313. The molecule has 0 radical (unpaired) electrons. The Labute approximate surface area is 129 Å². The molecular formula is C14H13IN4O. The van der Waals surface area contributed by atoms with E-state index in [2.05, 4.69) is 42.8 Å². The van der Waals surface area contributed by atoms with Crippen LogP contribution in [-0.2, 0) is 13.0 Å². The van der Waals surface area contributed by atoms with E-state index < -0.39 is 0 Å². The highest BCUT2D eigenvalue weighted by molar-refractivity contribution is 14.1. The Morgan fingerprint density at radius 3 is 2.65 bits per heavy atom. The van der Waals surface area contributed by atoms with E-state index in [1.165, 1.54) is 0 Å². The predicted molar refractivity (Wildman–Crippen MR) is 85.1 cm³/mol. The number of aromatic amines is 1. The smallest absolute Gasteiger partial charge is 0.130 e. The lowest BCUT2D eigenvalue weighted by Gasteiger charge is -2.08. The molecule has 102 valence electrons. The van der Waals surface area contributed by atoms with Crippen LogP contribution in [0, 0.1) is 3.70 Å². The summed E-state index contributed by atoms with van der Waals surface area (Å²) >= 11 is 2.19. The highest BCUT2D eigenvalue weighted by Gasteiger charge is 2.11. The molecule has 6 heteroatoms. The van der Waals surface area contributed by atoms with Crippen LogP contribution in [0.3, 0.4) is 0 Å². The van der Waals surface area contributed by atoms with Gasteiger partial charge in [-0.05, 0) is 45.9 Å². The Bertz CT molecular complexity index is 752. The number of aliphatic hydroxyl groups excluding tert-OH is 1. The lowest BCUT2D eigenvalue weighted by molar-refractivity contribution is 0.282. The number of rotatable bonds is 3. The van der Waals surface area contributed by atoms with Crippen LogP contribution in [0.15, 0.2) is 24.5 Å². The third-order valence-electron chi connectivity index (χ3n) is 3.24. The number of aliphatic hydroxyl groups is 1. The zero-order chi connectivity index (χ0) is 14.1. The molecule has 0 saturated heterocycles. The molecule has 0 aliphatic rings. The molecule has 1 aromatic carbocycles. The van der Waals surface area contributed by atoms with Crippen LogP contribution in [0.25, 0.3) is 22.0 Å². The summed E-state index contributed by atoms with van der Waals surface area (Å²) in [4.78, 5) is 8.64. The molecule has 0 aliphatic heterocycles. The Kier molecular flexibility index (Phi) is 3.66. The summed E-state index contributed by atoms with van der Waals surface area (Å²) in [6, 6.07) is 3.95. The number of nitrogens with zero attached hydrogens (tertiary/aromatic N) is 3. The van der Waals surface area contributed by atoms with Gasteiger partial charge in [-0.15, -0.1) is 0 Å². The number of fused-ring (bicyclic) bond motifs is 1. The van der Waals surface area contributed by atoms with Crippen molar-refractivity contribution >= 4 is 33.5 Å². The lowest BCUT2D eigenvalue weighted by atomic mass is 10.0. The van der Waals surface area contributed by atoms with Crippen LogP contribution in [0.1, 0.15) is 18.3 Å². The molecule has 20 heavy (non-hydrogen) atoms. The summed E-state index contributed by atoms with van der Waals surface area (Å²) in [6.07, 6.45) is 4.42. The first-order valence-electron chi connectivity index (χ1n) is 6.31. The predicted octanol–water partition coefficient (Wildman–Crippen LogP) is 2.68. The number of aromatic nitrogens is 4. The third-order valence-corrected chi connectivity index (χ3v) is 4.07. The van der Waals surface area contributed by atoms with E-state index >= 15 is 0 Å². The van der Waals surface area contributed by atoms with Gasteiger partial charge in [0, 0.05) is 29.8 Å². The highest BCUT2D eigenvalue weighted by atomic mass is 127. The molecule has 3 aromatic rings. The topological polar surface area (TPSA) is 74.7 Å². The van der Waals surface area contributed by atoms with E-state index in [9.17, 15) is 5.11 Å². The van der Waals surface area contributed by atoms with Crippen LogP contribution in [0.4, 0.5) is 0 Å². The summed E-state index contributed by atoms with van der Waals surface area (Å²) in [5.41, 5.74) is 3.62. The van der Waals surface area contributed by atoms with Gasteiger partial charge in [0.2, 0.25) is 0 Å². The van der Waals surface area contributed by atoms with Crippen molar-refractivity contribution < 1.29 is 5.11 Å². The molecular weight excluding hydrogens is 367 g/mol. The SMILES string of the molecule is CCc1ncc(-c2cc3c(I)n[nH]c3cc2CO)cn1. The van der Waals surface area contributed by atoms with Crippen molar-refractivity contribution in [2.75, 3.05) is 0 Å². The Morgan fingerprint density at radius 2 is 2.00 bits per heavy atom. The van der Waals surface area contributed by atoms with Gasteiger partial charge in [0.25, 0.3) is 0 Å². The van der Waals surface area contributed by atoms with Gasteiger partial charge in [-0.2, -0.15) is 5.10 Å². The van der Waals surface area contributed by atoms with Crippen molar-refractivity contribution in [1.29, 1.82) is 0 Å². The van der Waals surface area contributed by atoms with Gasteiger partial charge >= 0.3 is 0 Å². The third kappa shape index (κ3) is 2.29. The molecule has 0 unspecified atom stereocenters. The summed E-state index contributed by atoms with van der Waals surface area (Å²) < 4.78 is 0.912. The maximum atomic E-state index is 9.57. The molecule has 0 bridgehead atoms. The molecule has 0 atom stereocenters. The summed E-state index contributed by atoms with van der Waals surface area (Å²) in [6.45, 7) is 1.99. The molecule has 2 aromatic heterocycles. The summed E-state index contributed by atoms with van der Waals surface area (Å²) in [5.74, 6) is 0.818. The van der Waals surface area contributed by atoms with E-state index in [0.29, 0.717) is 0 Å². The van der Waals surface area contributed by atoms with Gasteiger partial charge in [-0.25, -0.2) is 9.97 Å². The molecule has 0 aliphatic carbocycles. The van der Waals surface area contributed by atoms with Crippen molar-refractivity contribution in [3.63, 3.8) is 0 Å². The number of halogens is 1. The number of aryl methyl sites for hydroxylation is 1. The Morgan fingerprint density at radius 1 is 1.25 bits per heavy atom. The number of hydrogen-bond acceptors (Lipinski definition) is 4. The van der Waals surface area contributed by atoms with Crippen LogP contribution in [0.2, 0.25) is 0 Å². The average molecular weight is 380 g/mol. The van der Waals surface area contributed by atoms with E-state index in [-0.39, 0.29) is 6.61 Å². The van der Waals surface area contributed by atoms with Crippen LogP contribution >= 0.6 is 22.6 Å². The van der Waals surface area contributed by atoms with E-state index in [1.807, 2.05) is 19.1 Å². The van der Waals surface area contributed by atoms with Crippen molar-refractivity contribution in [2.45, 2.75) is 20.0 Å². The second kappa shape index (κ2) is 5.45. The first kappa shape index (κ1) is 13.4. The van der Waals surface area contributed by atoms with Gasteiger partial charge in [-0.1, -0.05) is 6.92 Å². The Hall–Kier alpha value is -1.54. The molecule has 2 N–H and O–H groups in total. The van der Waals surface area contributed by atoms with Gasteiger partial charge in [0.15, 0.2) is 0 Å². The maximum absolute atomic E-state index is 9.57. The lowest BCUT2D eigenvalue weighted by Crippen LogP contribution is -1.95. The largest absolute Gasteiger partial charge is 0.392 e. The molecule has 0 saturated carbocycles. The molecule has 3 rings (SSSR count). The second-order valence-electron chi connectivity index (χ2n) is 4.47. The first-order valence-corrected chi connectivity index (χ1v) is 7.39. The van der Waals surface area contributed by atoms with E-state index in [1.54, 1.807) is 12.4 Å². The van der Waals surface area contributed by atoms with Gasteiger partial charge < -0.3 is 5.11 Å². The molecule has 5 nitrogen and oxygen atoms in total.